The molecule has 0 aliphatic rings. The maximum Gasteiger partial charge on any atom is 0.331 e. The van der Waals surface area contributed by atoms with Crippen LogP contribution in [0.4, 0.5) is 0 Å². The molecule has 0 radical (unpaired) electrons. The second kappa shape index (κ2) is 13.9. The summed E-state index contributed by atoms with van der Waals surface area (Å²) in [5.74, 6) is 0.0533. The van der Waals surface area contributed by atoms with Gasteiger partial charge in [0.15, 0.2) is 0 Å². The lowest BCUT2D eigenvalue weighted by molar-refractivity contribution is 0.268. The van der Waals surface area contributed by atoms with Crippen LogP contribution in [0.25, 0.3) is 0 Å². The van der Waals surface area contributed by atoms with Crippen LogP contribution in [0.15, 0.2) is 4.79 Å². The molecule has 146 valence electrons. The van der Waals surface area contributed by atoms with Crippen LogP contribution in [0, 0.1) is 0 Å². The van der Waals surface area contributed by atoms with Gasteiger partial charge in [0.25, 0.3) is 11.8 Å². The van der Waals surface area contributed by atoms with Crippen LogP contribution in [0.2, 0.25) is 0 Å². The molecule has 0 atom stereocenters. The minimum Gasteiger partial charge on any atom is -0.491 e. The van der Waals surface area contributed by atoms with Crippen molar-refractivity contribution >= 4 is 0 Å². The third-order valence-corrected chi connectivity index (χ3v) is 4.77. The Morgan fingerprint density at radius 3 is 1.68 bits per heavy atom. The van der Waals surface area contributed by atoms with Gasteiger partial charge in [0.05, 0.1) is 6.61 Å². The van der Waals surface area contributed by atoms with E-state index in [1.54, 1.807) is 7.05 Å². The predicted octanol–water partition coefficient (Wildman–Crippen LogP) is 5.28. The van der Waals surface area contributed by atoms with E-state index in [1.807, 2.05) is 0 Å². The molecule has 5 nitrogen and oxygen atoms in total. The maximum absolute atomic E-state index is 11.3. The van der Waals surface area contributed by atoms with Crippen LogP contribution in [0.5, 0.6) is 11.8 Å². The summed E-state index contributed by atoms with van der Waals surface area (Å²) >= 11 is 0. The van der Waals surface area contributed by atoms with Crippen LogP contribution in [-0.4, -0.2) is 21.3 Å². The van der Waals surface area contributed by atoms with Crippen molar-refractivity contribution in [3.8, 4) is 11.8 Å². The van der Waals surface area contributed by atoms with E-state index >= 15 is 0 Å². The van der Waals surface area contributed by atoms with Crippen molar-refractivity contribution in [2.45, 2.75) is 96.8 Å². The molecule has 2 N–H and O–H groups in total. The molecule has 0 amide bonds. The number of rotatable bonds is 16. The third-order valence-electron chi connectivity index (χ3n) is 4.77. The zero-order valence-corrected chi connectivity index (χ0v) is 16.3. The monoisotopic (exact) mass is 354 g/mol. The highest BCUT2D eigenvalue weighted by Crippen LogP contribution is 2.20. The number of nitrogens with zero attached hydrogens (tertiary/aromatic N) is 1. The molecule has 0 aromatic carbocycles. The van der Waals surface area contributed by atoms with E-state index < -0.39 is 0 Å². The number of H-pyrrole nitrogens is 1. The van der Waals surface area contributed by atoms with Crippen LogP contribution in [0.1, 0.15) is 96.8 Å². The highest BCUT2D eigenvalue weighted by atomic mass is 16.5. The summed E-state index contributed by atoms with van der Waals surface area (Å²) < 4.78 is 6.77. The second-order valence-electron chi connectivity index (χ2n) is 7.09. The average Bonchev–Trinajstić information content (AvgIpc) is 2.84. The number of aromatic amines is 1. The van der Waals surface area contributed by atoms with Crippen LogP contribution < -0.4 is 10.4 Å². The number of unbranched alkanes of at least 4 members (excludes halogenated alkanes) is 13. The highest BCUT2D eigenvalue weighted by molar-refractivity contribution is 5.24. The van der Waals surface area contributed by atoms with Gasteiger partial charge in [-0.05, 0) is 6.42 Å². The summed E-state index contributed by atoms with van der Waals surface area (Å²) in [6.45, 7) is 2.81. The SMILES string of the molecule is CCCCCCCCCCCCCCCCOc1c(O)[nH]c(=O)n1C. The number of aromatic nitrogens is 2. The molecule has 1 heterocycles. The summed E-state index contributed by atoms with van der Waals surface area (Å²) in [5.41, 5.74) is -0.353. The van der Waals surface area contributed by atoms with E-state index in [4.69, 9.17) is 4.74 Å². The summed E-state index contributed by atoms with van der Waals surface area (Å²) in [7, 11) is 1.58. The van der Waals surface area contributed by atoms with Gasteiger partial charge in [0.1, 0.15) is 0 Å². The normalized spacial score (nSPS) is 11.1. The maximum atomic E-state index is 11.3. The Labute approximate surface area is 152 Å². The Bertz CT molecular complexity index is 494. The van der Waals surface area contributed by atoms with Gasteiger partial charge in [-0.25, -0.2) is 4.79 Å². The number of ether oxygens (including phenoxy) is 1. The molecule has 0 bridgehead atoms. The molecule has 1 aromatic rings. The first-order valence-corrected chi connectivity index (χ1v) is 10.3. The molecule has 0 saturated heterocycles. The van der Waals surface area contributed by atoms with Gasteiger partial charge in [-0.15, -0.1) is 0 Å². The molecule has 25 heavy (non-hydrogen) atoms. The van der Waals surface area contributed by atoms with Gasteiger partial charge in [0.2, 0.25) is 0 Å². The first-order valence-electron chi connectivity index (χ1n) is 10.3. The van der Waals surface area contributed by atoms with E-state index in [0.29, 0.717) is 6.61 Å². The standard InChI is InChI=1S/C20H38N2O3/c1-3-4-5-6-7-8-9-10-11-12-13-14-15-16-17-25-19-18(23)21-20(24)22(19)2/h23H,3-17H2,1-2H3,(H,21,24). The van der Waals surface area contributed by atoms with Crippen LogP contribution in [-0.2, 0) is 7.05 Å². The van der Waals surface area contributed by atoms with E-state index in [1.165, 1.54) is 81.6 Å². The molecule has 5 heteroatoms. The van der Waals surface area contributed by atoms with Crippen molar-refractivity contribution in [3.05, 3.63) is 10.5 Å². The van der Waals surface area contributed by atoms with Crippen molar-refractivity contribution in [2.24, 2.45) is 7.05 Å². The van der Waals surface area contributed by atoms with E-state index in [-0.39, 0.29) is 17.4 Å². The second-order valence-corrected chi connectivity index (χ2v) is 7.09. The fraction of sp³-hybridized carbons (Fsp3) is 0.850. The zero-order valence-electron chi connectivity index (χ0n) is 16.3. The summed E-state index contributed by atoms with van der Waals surface area (Å²) in [6, 6.07) is 0. The minimum atomic E-state index is -0.353. The summed E-state index contributed by atoms with van der Waals surface area (Å²) in [4.78, 5) is 13.6. The van der Waals surface area contributed by atoms with Crippen LogP contribution in [0.3, 0.4) is 0 Å². The van der Waals surface area contributed by atoms with Crippen molar-refractivity contribution < 1.29 is 9.84 Å². The molecule has 0 fully saturated rings. The first-order chi connectivity index (χ1) is 12.2. The molecule has 0 spiro atoms. The summed E-state index contributed by atoms with van der Waals surface area (Å²) in [5, 5.41) is 9.53. The first kappa shape index (κ1) is 21.7. The number of hydrogen-bond acceptors (Lipinski definition) is 3. The van der Waals surface area contributed by atoms with Crippen molar-refractivity contribution in [3.63, 3.8) is 0 Å². The van der Waals surface area contributed by atoms with Gasteiger partial charge in [-0.1, -0.05) is 90.4 Å². The van der Waals surface area contributed by atoms with E-state index in [9.17, 15) is 9.90 Å². The van der Waals surface area contributed by atoms with Gasteiger partial charge in [-0.2, -0.15) is 0 Å². The number of imidazole rings is 1. The Balaban J connectivity index is 1.84. The largest absolute Gasteiger partial charge is 0.491 e. The van der Waals surface area contributed by atoms with Crippen molar-refractivity contribution in [1.82, 2.24) is 9.55 Å². The number of nitrogens with one attached hydrogen (secondary N) is 1. The predicted molar refractivity (Wildman–Crippen MR) is 104 cm³/mol. The Kier molecular flexibility index (Phi) is 12.0. The summed E-state index contributed by atoms with van der Waals surface area (Å²) in [6.07, 6.45) is 18.5. The topological polar surface area (TPSA) is 67.2 Å². The Morgan fingerprint density at radius 1 is 0.840 bits per heavy atom. The van der Waals surface area contributed by atoms with Gasteiger partial charge >= 0.3 is 5.69 Å². The lowest BCUT2D eigenvalue weighted by Crippen LogP contribution is -2.14. The van der Waals surface area contributed by atoms with Gasteiger partial charge in [-0.3, -0.25) is 9.55 Å². The van der Waals surface area contributed by atoms with Crippen LogP contribution >= 0.6 is 0 Å². The molecular weight excluding hydrogens is 316 g/mol. The average molecular weight is 355 g/mol. The lowest BCUT2D eigenvalue weighted by Gasteiger charge is -2.06. The fourth-order valence-electron chi connectivity index (χ4n) is 3.12. The Morgan fingerprint density at radius 2 is 1.28 bits per heavy atom. The number of hydrogen-bond donors (Lipinski definition) is 2. The fourth-order valence-corrected chi connectivity index (χ4v) is 3.12. The molecule has 0 unspecified atom stereocenters. The van der Waals surface area contributed by atoms with E-state index in [0.717, 1.165) is 12.8 Å². The molecule has 0 aliphatic heterocycles. The smallest absolute Gasteiger partial charge is 0.331 e. The zero-order chi connectivity index (χ0) is 18.3. The lowest BCUT2D eigenvalue weighted by atomic mass is 10.0. The molecule has 0 aliphatic carbocycles. The molecule has 1 aromatic heterocycles. The van der Waals surface area contributed by atoms with Crippen molar-refractivity contribution in [1.29, 1.82) is 0 Å². The molecule has 1 rings (SSSR count). The van der Waals surface area contributed by atoms with Gasteiger partial charge < -0.3 is 9.84 Å². The molecular formula is C20H38N2O3. The van der Waals surface area contributed by atoms with Gasteiger partial charge in [0, 0.05) is 7.05 Å². The number of aromatic hydroxyl groups is 1. The molecule has 0 saturated carbocycles. The highest BCUT2D eigenvalue weighted by Gasteiger charge is 2.10. The third kappa shape index (κ3) is 9.61. The Hall–Kier alpha value is -1.39. The quantitative estimate of drug-likeness (QED) is 0.397. The van der Waals surface area contributed by atoms with E-state index in [2.05, 4.69) is 11.9 Å². The minimum absolute atomic E-state index is 0.183. The van der Waals surface area contributed by atoms with Crippen molar-refractivity contribution in [2.75, 3.05) is 6.61 Å².